The minimum Gasteiger partial charge on any atom is -0.345 e. The van der Waals surface area contributed by atoms with Crippen molar-refractivity contribution in [3.63, 3.8) is 0 Å². The average Bonchev–Trinajstić information content (AvgIpc) is 2.83. The molecule has 4 heteroatoms. The van der Waals surface area contributed by atoms with E-state index in [1.807, 2.05) is 25.3 Å². The summed E-state index contributed by atoms with van der Waals surface area (Å²) in [5, 5.41) is 3.27. The summed E-state index contributed by atoms with van der Waals surface area (Å²) in [6.45, 7) is 7.41. The molecule has 0 fully saturated rings. The van der Waals surface area contributed by atoms with Gasteiger partial charge in [0.05, 0.1) is 6.54 Å². The van der Waals surface area contributed by atoms with E-state index in [4.69, 9.17) is 0 Å². The van der Waals surface area contributed by atoms with Gasteiger partial charge in [0.25, 0.3) is 0 Å². The van der Waals surface area contributed by atoms with Crippen LogP contribution >= 0.6 is 11.3 Å². The largest absolute Gasteiger partial charge is 0.345 e. The normalized spacial score (nSPS) is 12.5. The number of carbonyl (C=O) groups excluding carboxylic acids is 1. The van der Waals surface area contributed by atoms with Crippen molar-refractivity contribution >= 4 is 17.2 Å². The van der Waals surface area contributed by atoms with Crippen LogP contribution in [0.2, 0.25) is 0 Å². The van der Waals surface area contributed by atoms with E-state index in [-0.39, 0.29) is 11.9 Å². The number of aryl methyl sites for hydroxylation is 1. The fraction of sp³-hybridized carbons (Fsp3) is 0.615. The highest BCUT2D eigenvalue weighted by Gasteiger charge is 2.11. The molecule has 1 heterocycles. The van der Waals surface area contributed by atoms with Crippen LogP contribution in [0.25, 0.3) is 0 Å². The van der Waals surface area contributed by atoms with Crippen molar-refractivity contribution in [2.24, 2.45) is 0 Å². The van der Waals surface area contributed by atoms with E-state index in [0.29, 0.717) is 6.54 Å². The van der Waals surface area contributed by atoms with Gasteiger partial charge in [-0.15, -0.1) is 11.3 Å². The van der Waals surface area contributed by atoms with Crippen LogP contribution in [0, 0.1) is 0 Å². The molecule has 17 heavy (non-hydrogen) atoms. The third-order valence-corrected chi connectivity index (χ3v) is 4.33. The molecule has 1 unspecified atom stereocenters. The molecule has 0 bridgehead atoms. The van der Waals surface area contributed by atoms with Gasteiger partial charge in [-0.1, -0.05) is 6.92 Å². The highest BCUT2D eigenvalue weighted by molar-refractivity contribution is 7.12. The predicted molar refractivity (Wildman–Crippen MR) is 73.4 cm³/mol. The van der Waals surface area contributed by atoms with Crippen LogP contribution in [0.15, 0.2) is 12.1 Å². The lowest BCUT2D eigenvalue weighted by molar-refractivity contribution is -0.128. The zero-order valence-corrected chi connectivity index (χ0v) is 11.9. The zero-order valence-electron chi connectivity index (χ0n) is 11.1. The molecule has 0 radical (unpaired) electrons. The fourth-order valence-corrected chi connectivity index (χ4v) is 2.45. The molecule has 0 saturated carbocycles. The van der Waals surface area contributed by atoms with Gasteiger partial charge >= 0.3 is 0 Å². The molecule has 1 aromatic heterocycles. The lowest BCUT2D eigenvalue weighted by Gasteiger charge is -2.17. The van der Waals surface area contributed by atoms with Crippen molar-refractivity contribution in [2.75, 3.05) is 20.1 Å². The highest BCUT2D eigenvalue weighted by atomic mass is 32.1. The third-order valence-electron chi connectivity index (χ3n) is 2.92. The molecular formula is C13H22N2OS. The van der Waals surface area contributed by atoms with Crippen LogP contribution in [0.1, 0.15) is 36.6 Å². The second-order valence-electron chi connectivity index (χ2n) is 4.17. The summed E-state index contributed by atoms with van der Waals surface area (Å²) in [5.74, 6) is 0.145. The monoisotopic (exact) mass is 254 g/mol. The number of nitrogens with one attached hydrogen (secondary N) is 1. The van der Waals surface area contributed by atoms with Crippen LogP contribution in [-0.4, -0.2) is 30.9 Å². The first-order chi connectivity index (χ1) is 8.08. The number of rotatable bonds is 6. The summed E-state index contributed by atoms with van der Waals surface area (Å²) in [5.41, 5.74) is 0. The van der Waals surface area contributed by atoms with Crippen molar-refractivity contribution < 1.29 is 4.79 Å². The minimum absolute atomic E-state index is 0.145. The van der Waals surface area contributed by atoms with Crippen LogP contribution in [0.5, 0.6) is 0 Å². The van der Waals surface area contributed by atoms with Gasteiger partial charge in [-0.2, -0.15) is 0 Å². The van der Waals surface area contributed by atoms with Crippen LogP contribution in [0.3, 0.4) is 0 Å². The molecule has 1 amide bonds. The quantitative estimate of drug-likeness (QED) is 0.845. The molecule has 0 aliphatic heterocycles. The highest BCUT2D eigenvalue weighted by Crippen LogP contribution is 2.23. The van der Waals surface area contributed by atoms with E-state index >= 15 is 0 Å². The molecule has 96 valence electrons. The zero-order chi connectivity index (χ0) is 12.8. The Labute approximate surface area is 108 Å². The van der Waals surface area contributed by atoms with E-state index in [9.17, 15) is 4.79 Å². The Hall–Kier alpha value is -0.870. The van der Waals surface area contributed by atoms with Crippen LogP contribution < -0.4 is 5.32 Å². The van der Waals surface area contributed by atoms with Crippen LogP contribution in [-0.2, 0) is 11.2 Å². The molecule has 0 aliphatic carbocycles. The second-order valence-corrected chi connectivity index (χ2v) is 5.37. The molecular weight excluding hydrogens is 232 g/mol. The van der Waals surface area contributed by atoms with Gasteiger partial charge in [0.1, 0.15) is 0 Å². The number of amides is 1. The number of hydrogen-bond donors (Lipinski definition) is 1. The maximum absolute atomic E-state index is 11.6. The SMILES string of the molecule is CCc1ccc(C(C)NCC(=O)N(C)CC)s1. The molecule has 0 aromatic carbocycles. The fourth-order valence-electron chi connectivity index (χ4n) is 1.47. The lowest BCUT2D eigenvalue weighted by Crippen LogP contribution is -2.36. The van der Waals surface area contributed by atoms with Gasteiger partial charge in [-0.25, -0.2) is 0 Å². The Morgan fingerprint density at radius 2 is 2.18 bits per heavy atom. The minimum atomic E-state index is 0.145. The molecule has 1 atom stereocenters. The van der Waals surface area contributed by atoms with E-state index in [1.54, 1.807) is 4.90 Å². The summed E-state index contributed by atoms with van der Waals surface area (Å²) in [6.07, 6.45) is 1.08. The summed E-state index contributed by atoms with van der Waals surface area (Å²) >= 11 is 1.82. The number of hydrogen-bond acceptors (Lipinski definition) is 3. The Bertz CT molecular complexity index is 362. The average molecular weight is 254 g/mol. The number of likely N-dealkylation sites (N-methyl/N-ethyl adjacent to an activating group) is 1. The van der Waals surface area contributed by atoms with Crippen molar-refractivity contribution in [3.8, 4) is 0 Å². The number of thiophene rings is 1. The first kappa shape index (κ1) is 14.2. The maximum atomic E-state index is 11.6. The number of carbonyl (C=O) groups is 1. The van der Waals surface area contributed by atoms with E-state index in [0.717, 1.165) is 13.0 Å². The van der Waals surface area contributed by atoms with Crippen molar-refractivity contribution in [1.29, 1.82) is 0 Å². The topological polar surface area (TPSA) is 32.3 Å². The van der Waals surface area contributed by atoms with Crippen LogP contribution in [0.4, 0.5) is 0 Å². The first-order valence-electron chi connectivity index (χ1n) is 6.14. The van der Waals surface area contributed by atoms with Gasteiger partial charge in [0.15, 0.2) is 0 Å². The summed E-state index contributed by atoms with van der Waals surface area (Å²) in [6, 6.07) is 4.56. The third kappa shape index (κ3) is 4.13. The first-order valence-corrected chi connectivity index (χ1v) is 6.96. The molecule has 0 spiro atoms. The van der Waals surface area contributed by atoms with Gasteiger partial charge in [0.2, 0.25) is 5.91 Å². The Balaban J connectivity index is 2.44. The Morgan fingerprint density at radius 1 is 1.47 bits per heavy atom. The van der Waals surface area contributed by atoms with E-state index < -0.39 is 0 Å². The summed E-state index contributed by atoms with van der Waals surface area (Å²) in [7, 11) is 1.83. The van der Waals surface area contributed by atoms with Crippen molar-refractivity contribution in [1.82, 2.24) is 10.2 Å². The second kappa shape index (κ2) is 6.77. The summed E-state index contributed by atoms with van der Waals surface area (Å²) in [4.78, 5) is 16.1. The maximum Gasteiger partial charge on any atom is 0.236 e. The standard InChI is InChI=1S/C13H22N2OS/c1-5-11-7-8-12(17-11)10(3)14-9-13(16)15(4)6-2/h7-8,10,14H,5-6,9H2,1-4H3. The molecule has 0 saturated heterocycles. The van der Waals surface area contributed by atoms with Gasteiger partial charge < -0.3 is 10.2 Å². The Morgan fingerprint density at radius 3 is 2.71 bits per heavy atom. The molecule has 1 aromatic rings. The van der Waals surface area contributed by atoms with Crippen molar-refractivity contribution in [2.45, 2.75) is 33.2 Å². The smallest absolute Gasteiger partial charge is 0.236 e. The predicted octanol–water partition coefficient (Wildman–Crippen LogP) is 2.44. The van der Waals surface area contributed by atoms with Gasteiger partial charge in [-0.3, -0.25) is 4.79 Å². The van der Waals surface area contributed by atoms with E-state index in [2.05, 4.69) is 31.3 Å². The summed E-state index contributed by atoms with van der Waals surface area (Å²) < 4.78 is 0. The molecule has 0 aliphatic rings. The van der Waals surface area contributed by atoms with E-state index in [1.165, 1.54) is 9.75 Å². The molecule has 3 nitrogen and oxygen atoms in total. The Kier molecular flexibility index (Phi) is 5.65. The molecule has 1 N–H and O–H groups in total. The lowest BCUT2D eigenvalue weighted by atomic mass is 10.2. The van der Waals surface area contributed by atoms with Crippen molar-refractivity contribution in [3.05, 3.63) is 21.9 Å². The van der Waals surface area contributed by atoms with Gasteiger partial charge in [-0.05, 0) is 32.4 Å². The number of nitrogens with zero attached hydrogens (tertiary/aromatic N) is 1. The molecule has 1 rings (SSSR count). The van der Waals surface area contributed by atoms with Gasteiger partial charge in [0, 0.05) is 29.4 Å².